The smallest absolute Gasteiger partial charge is 0.184 e. The van der Waals surface area contributed by atoms with Crippen LogP contribution in [0.25, 0.3) is 54.9 Å². The van der Waals surface area contributed by atoms with E-state index in [1.165, 1.54) is 130 Å². The number of benzene rings is 14. The van der Waals surface area contributed by atoms with Gasteiger partial charge < -0.3 is 9.80 Å². The fourth-order valence-electron chi connectivity index (χ4n) is 15.7. The molecule has 0 bridgehead atoms. The quantitative estimate of drug-likeness (QED) is 0.111. The lowest BCUT2D eigenvalue weighted by Gasteiger charge is -2.46. The highest BCUT2D eigenvalue weighted by atomic mass is 28.3. The van der Waals surface area contributed by atoms with Crippen LogP contribution < -0.4 is 51.3 Å². The van der Waals surface area contributed by atoms with Crippen molar-refractivity contribution in [3.05, 3.63) is 339 Å². The minimum absolute atomic E-state index is 0.207. The van der Waals surface area contributed by atoms with Crippen LogP contribution in [-0.2, 0) is 5.41 Å². The van der Waals surface area contributed by atoms with Crippen LogP contribution in [0.4, 0.5) is 34.1 Å². The molecule has 0 radical (unpaired) electrons. The van der Waals surface area contributed by atoms with E-state index in [0.717, 1.165) is 11.4 Å². The summed E-state index contributed by atoms with van der Waals surface area (Å²) in [4.78, 5) is 5.18. The molecule has 2 nitrogen and oxygen atoms in total. The van der Waals surface area contributed by atoms with Gasteiger partial charge in [0.05, 0.1) is 0 Å². The maximum Gasteiger partial charge on any atom is 0.184 e. The first-order valence-corrected chi connectivity index (χ1v) is 34.5. The molecule has 0 spiro atoms. The summed E-state index contributed by atoms with van der Waals surface area (Å²) in [6, 6.07) is 125. The first kappa shape index (κ1) is 51.1. The van der Waals surface area contributed by atoms with Crippen molar-refractivity contribution >= 4 is 113 Å². The van der Waals surface area contributed by atoms with Crippen LogP contribution >= 0.6 is 0 Å². The summed E-state index contributed by atoms with van der Waals surface area (Å²) in [7, 11) is -5.91. The van der Waals surface area contributed by atoms with Crippen molar-refractivity contribution in [2.75, 3.05) is 9.80 Å². The summed E-state index contributed by atoms with van der Waals surface area (Å²) in [6.45, 7) is 4.83. The summed E-state index contributed by atoms with van der Waals surface area (Å²) < 4.78 is 0. The van der Waals surface area contributed by atoms with Crippen molar-refractivity contribution in [1.82, 2.24) is 0 Å². The van der Waals surface area contributed by atoms with E-state index >= 15 is 0 Å². The summed E-state index contributed by atoms with van der Waals surface area (Å²) in [5.41, 5.74) is 17.2. The Hall–Kier alpha value is -10.4. The highest BCUT2D eigenvalue weighted by Crippen LogP contribution is 2.52. The summed E-state index contributed by atoms with van der Waals surface area (Å²) >= 11 is 0. The van der Waals surface area contributed by atoms with Gasteiger partial charge in [0.15, 0.2) is 16.1 Å². The Balaban J connectivity index is 0.871. The Labute approximate surface area is 511 Å². The monoisotopic (exact) mass is 1140 g/mol. The highest BCUT2D eigenvalue weighted by molar-refractivity contribution is 7.22. The van der Waals surface area contributed by atoms with Crippen LogP contribution in [0.3, 0.4) is 0 Å². The van der Waals surface area contributed by atoms with Gasteiger partial charge >= 0.3 is 0 Å². The molecule has 17 rings (SSSR count). The van der Waals surface area contributed by atoms with Gasteiger partial charge in [-0.1, -0.05) is 293 Å². The average molecular weight is 1140 g/mol. The largest absolute Gasteiger partial charge is 0.311 e. The Morgan fingerprint density at radius 3 is 1.14 bits per heavy atom. The van der Waals surface area contributed by atoms with Gasteiger partial charge in [-0.25, -0.2) is 0 Å². The Kier molecular flexibility index (Phi) is 11.7. The molecule has 3 aliphatic rings. The van der Waals surface area contributed by atoms with Crippen molar-refractivity contribution in [3.8, 4) is 33.4 Å². The molecule has 87 heavy (non-hydrogen) atoms. The molecule has 14 aromatic rings. The molecule has 0 amide bonds. The van der Waals surface area contributed by atoms with Crippen LogP contribution in [0.2, 0.25) is 0 Å². The molecule has 0 saturated carbocycles. The number of para-hydroxylation sites is 1. The molecular weight excluding hydrogens is 1080 g/mol. The SMILES string of the molecule is CC1(C)c2ccccc2-c2cc3c(cc21)N(c1ccc2c(ccc4cc(N5c6ccccc6[Si](c6ccccc6)(c6ccccc6)c6ccc(-c7ccccc7)cc65)ccc42)c1)c1cc(-c2ccccc2)ccc1[Si]3(c1ccccc1)c1ccccc1. The molecule has 14 aromatic carbocycles. The van der Waals surface area contributed by atoms with E-state index in [4.69, 9.17) is 0 Å². The molecule has 0 N–H and O–H groups in total. The van der Waals surface area contributed by atoms with Crippen molar-refractivity contribution in [2.24, 2.45) is 0 Å². The van der Waals surface area contributed by atoms with Gasteiger partial charge in [-0.15, -0.1) is 0 Å². The third kappa shape index (κ3) is 7.58. The van der Waals surface area contributed by atoms with Crippen LogP contribution in [0.15, 0.2) is 328 Å². The van der Waals surface area contributed by atoms with Gasteiger partial charge in [0.25, 0.3) is 0 Å². The van der Waals surface area contributed by atoms with E-state index in [1.807, 2.05) is 0 Å². The Morgan fingerprint density at radius 1 is 0.253 bits per heavy atom. The first-order valence-electron chi connectivity index (χ1n) is 30.5. The van der Waals surface area contributed by atoms with Gasteiger partial charge in [-0.3, -0.25) is 0 Å². The normalized spacial score (nSPS) is 14.6. The second-order valence-corrected chi connectivity index (χ2v) is 31.8. The molecule has 0 aromatic heterocycles. The van der Waals surface area contributed by atoms with E-state index in [0.29, 0.717) is 0 Å². The predicted molar refractivity (Wildman–Crippen MR) is 374 cm³/mol. The molecule has 2 aliphatic heterocycles. The maximum absolute atomic E-state index is 3.05. The van der Waals surface area contributed by atoms with E-state index < -0.39 is 16.1 Å². The zero-order chi connectivity index (χ0) is 57.8. The summed E-state index contributed by atoms with van der Waals surface area (Å²) in [5.74, 6) is 0. The number of nitrogens with zero attached hydrogens (tertiary/aromatic N) is 2. The molecule has 1 aliphatic carbocycles. The summed E-state index contributed by atoms with van der Waals surface area (Å²) in [5, 5.41) is 15.9. The number of anilines is 6. The van der Waals surface area contributed by atoms with Crippen molar-refractivity contribution in [1.29, 1.82) is 0 Å². The lowest BCUT2D eigenvalue weighted by molar-refractivity contribution is 0.660. The fourth-order valence-corrected chi connectivity index (χ4v) is 25.8. The van der Waals surface area contributed by atoms with Crippen molar-refractivity contribution in [2.45, 2.75) is 19.3 Å². The molecule has 0 saturated heterocycles. The minimum Gasteiger partial charge on any atom is -0.311 e. The molecule has 0 fully saturated rings. The first-order chi connectivity index (χ1) is 42.9. The number of fused-ring (bicyclic) bond motifs is 10. The molecule has 0 unspecified atom stereocenters. The van der Waals surface area contributed by atoms with E-state index in [1.54, 1.807) is 0 Å². The van der Waals surface area contributed by atoms with E-state index in [2.05, 4.69) is 351 Å². The van der Waals surface area contributed by atoms with Gasteiger partial charge in [-0.2, -0.15) is 0 Å². The van der Waals surface area contributed by atoms with E-state index in [-0.39, 0.29) is 5.41 Å². The second kappa shape index (κ2) is 19.9. The highest BCUT2D eigenvalue weighted by Gasteiger charge is 2.52. The van der Waals surface area contributed by atoms with Gasteiger partial charge in [0.1, 0.15) is 0 Å². The lowest BCUT2D eigenvalue weighted by atomic mass is 9.82. The molecule has 0 atom stereocenters. The predicted octanol–water partition coefficient (Wildman–Crippen LogP) is 16.0. The Morgan fingerprint density at radius 2 is 0.644 bits per heavy atom. The molecular formula is C83H60N2Si2. The molecule has 4 heteroatoms. The number of hydrogen-bond donors (Lipinski definition) is 0. The van der Waals surface area contributed by atoms with Gasteiger partial charge in [0.2, 0.25) is 0 Å². The van der Waals surface area contributed by atoms with Gasteiger partial charge in [0, 0.05) is 39.5 Å². The molecule has 2 heterocycles. The maximum atomic E-state index is 2.63. The van der Waals surface area contributed by atoms with Gasteiger partial charge in [-0.05, 0) is 156 Å². The topological polar surface area (TPSA) is 6.48 Å². The van der Waals surface area contributed by atoms with Crippen molar-refractivity contribution < 1.29 is 0 Å². The van der Waals surface area contributed by atoms with Crippen LogP contribution in [0.1, 0.15) is 25.0 Å². The van der Waals surface area contributed by atoms with E-state index in [9.17, 15) is 0 Å². The zero-order valence-electron chi connectivity index (χ0n) is 48.6. The zero-order valence-corrected chi connectivity index (χ0v) is 50.6. The van der Waals surface area contributed by atoms with Crippen LogP contribution in [-0.4, -0.2) is 16.1 Å². The average Bonchev–Trinajstić information content (AvgIpc) is 1.97. The third-order valence-electron chi connectivity index (χ3n) is 19.5. The Bertz CT molecular complexity index is 4930. The molecule has 410 valence electrons. The summed E-state index contributed by atoms with van der Waals surface area (Å²) in [6.07, 6.45) is 0. The van der Waals surface area contributed by atoms with Crippen LogP contribution in [0, 0.1) is 0 Å². The van der Waals surface area contributed by atoms with Crippen molar-refractivity contribution in [3.63, 3.8) is 0 Å². The number of rotatable bonds is 8. The second-order valence-electron chi connectivity index (χ2n) is 24.3. The fraction of sp³-hybridized carbons (Fsp3) is 0.0361. The minimum atomic E-state index is -3.05. The third-order valence-corrected chi connectivity index (χ3v) is 29.2. The van der Waals surface area contributed by atoms with Crippen LogP contribution in [0.5, 0.6) is 0 Å². The lowest BCUT2D eigenvalue weighted by Crippen LogP contribution is -2.77. The number of hydrogen-bond acceptors (Lipinski definition) is 2. The standard InChI is InChI=1S/C83H60N2Si2/c1-83(2)73-38-22-21-37-71(73)72-55-82-78(56-74(72)83)85(77-54-60(58-27-11-4-12-28-58)44-50-81(77)87(82,67-33-17-7-18-34-67)68-35-19-8-20-36-68)64-46-48-70-62(52-64)42-41-61-51-63(45-47-69(61)70)84-75-39-23-24-40-79(75)86(65-29-13-5-14-30-65,66-31-15-6-16-32-66)80-49-43-59(53-76(80)84)57-25-9-3-10-26-57/h3-56H,1-2H3.